The van der Waals surface area contributed by atoms with Crippen LogP contribution in [0.2, 0.25) is 0 Å². The number of allylic oxidation sites excluding steroid dienone is 1. The van der Waals surface area contributed by atoms with Crippen molar-refractivity contribution in [2.45, 2.75) is 171 Å². The molecule has 0 amide bonds. The first-order valence-electron chi connectivity index (χ1n) is 21.6. The zero-order chi connectivity index (χ0) is 39.9. The average molecular weight is 757 g/mol. The molecule has 308 valence electrons. The van der Waals surface area contributed by atoms with Crippen LogP contribution >= 0.6 is 0 Å². The van der Waals surface area contributed by atoms with E-state index in [1.807, 2.05) is 27.7 Å². The van der Waals surface area contributed by atoms with E-state index in [2.05, 4.69) is 48.1 Å². The maximum atomic E-state index is 13.4. The van der Waals surface area contributed by atoms with Crippen LogP contribution in [0.4, 0.5) is 0 Å². The fourth-order valence-corrected chi connectivity index (χ4v) is 14.2. The van der Waals surface area contributed by atoms with Crippen molar-refractivity contribution in [2.24, 2.45) is 62.1 Å². The predicted octanol–water partition coefficient (Wildman–Crippen LogP) is 10.2. The van der Waals surface area contributed by atoms with Crippen molar-refractivity contribution >= 4 is 17.9 Å². The number of carbonyl (C=O) groups excluding carboxylic acids is 2. The lowest BCUT2D eigenvalue weighted by molar-refractivity contribution is -0.250. The molecule has 0 unspecified atom stereocenters. The van der Waals surface area contributed by atoms with E-state index in [0.29, 0.717) is 62.4 Å². The van der Waals surface area contributed by atoms with Crippen molar-refractivity contribution in [3.8, 4) is 0 Å². The van der Waals surface area contributed by atoms with Gasteiger partial charge >= 0.3 is 17.9 Å². The third-order valence-corrected chi connectivity index (χ3v) is 16.8. The van der Waals surface area contributed by atoms with Crippen LogP contribution in [0, 0.1) is 62.1 Å². The SMILES string of the molecule is C=C(C)[C@@H]1CC[C@]2(CCC(=O)OC(COCC)COCC)CC[C@]3(C)[C@H](CC[C@@H]4[C@@]5(C)CC[C@H](OC(=O)CC(C)(C)CC(=O)O)C(C)(C)[C@@H]5CC[C@]43C)[C@@H]12. The van der Waals surface area contributed by atoms with Crippen LogP contribution in [-0.4, -0.2) is 61.6 Å². The quantitative estimate of drug-likeness (QED) is 0.123. The Labute approximate surface area is 327 Å². The van der Waals surface area contributed by atoms with Gasteiger partial charge in [0.2, 0.25) is 0 Å². The summed E-state index contributed by atoms with van der Waals surface area (Å²) in [5.74, 6) is 1.37. The van der Waals surface area contributed by atoms with Crippen LogP contribution in [0.1, 0.15) is 159 Å². The lowest BCUT2D eigenvalue weighted by Gasteiger charge is -2.73. The highest BCUT2D eigenvalue weighted by Gasteiger charge is 2.71. The van der Waals surface area contributed by atoms with Gasteiger partial charge in [0, 0.05) is 25.0 Å². The number of hydrogen-bond acceptors (Lipinski definition) is 7. The summed E-state index contributed by atoms with van der Waals surface area (Å²) in [5, 5.41) is 9.36. The fraction of sp³-hybridized carbons (Fsp3) is 0.891. The Balaban J connectivity index is 1.33. The number of hydrogen-bond donors (Lipinski definition) is 1. The lowest BCUT2D eigenvalue weighted by Crippen LogP contribution is -2.66. The Hall–Kier alpha value is -1.93. The van der Waals surface area contributed by atoms with Gasteiger partial charge in [0.15, 0.2) is 0 Å². The number of esters is 2. The Bertz CT molecular complexity index is 1380. The summed E-state index contributed by atoms with van der Waals surface area (Å²) in [6, 6.07) is 0. The van der Waals surface area contributed by atoms with Gasteiger partial charge in [-0.3, -0.25) is 14.4 Å². The molecule has 5 saturated carbocycles. The number of ether oxygens (including phenoxy) is 4. The highest BCUT2D eigenvalue weighted by molar-refractivity contribution is 5.73. The molecule has 5 fully saturated rings. The van der Waals surface area contributed by atoms with E-state index in [1.54, 1.807) is 0 Å². The minimum absolute atomic E-state index is 0.0527. The minimum atomic E-state index is -0.887. The fourth-order valence-electron chi connectivity index (χ4n) is 14.2. The topological polar surface area (TPSA) is 108 Å². The summed E-state index contributed by atoms with van der Waals surface area (Å²) < 4.78 is 23.5. The molecule has 0 aromatic carbocycles. The van der Waals surface area contributed by atoms with E-state index < -0.39 is 11.4 Å². The predicted molar refractivity (Wildman–Crippen MR) is 212 cm³/mol. The normalized spacial score (nSPS) is 38.4. The van der Waals surface area contributed by atoms with Crippen molar-refractivity contribution in [1.82, 2.24) is 0 Å². The minimum Gasteiger partial charge on any atom is -0.481 e. The van der Waals surface area contributed by atoms with E-state index >= 15 is 0 Å². The molecule has 1 N–H and O–H groups in total. The van der Waals surface area contributed by atoms with E-state index in [4.69, 9.17) is 18.9 Å². The lowest BCUT2D eigenvalue weighted by atomic mass is 9.32. The second kappa shape index (κ2) is 16.1. The maximum Gasteiger partial charge on any atom is 0.306 e. The number of carboxylic acids is 1. The van der Waals surface area contributed by atoms with Crippen molar-refractivity contribution in [2.75, 3.05) is 26.4 Å². The van der Waals surface area contributed by atoms with Crippen LogP contribution in [-0.2, 0) is 33.3 Å². The second-order valence-corrected chi connectivity index (χ2v) is 20.7. The van der Waals surface area contributed by atoms with Crippen molar-refractivity contribution in [3.63, 3.8) is 0 Å². The summed E-state index contributed by atoms with van der Waals surface area (Å²) >= 11 is 0. The van der Waals surface area contributed by atoms with Gasteiger partial charge in [-0.25, -0.2) is 0 Å². The summed E-state index contributed by atoms with van der Waals surface area (Å²) in [6.07, 6.45) is 12.2. The highest BCUT2D eigenvalue weighted by atomic mass is 16.6. The zero-order valence-corrected chi connectivity index (χ0v) is 35.8. The zero-order valence-electron chi connectivity index (χ0n) is 35.8. The summed E-state index contributed by atoms with van der Waals surface area (Å²) in [5.41, 5.74) is 1.17. The second-order valence-electron chi connectivity index (χ2n) is 20.7. The van der Waals surface area contributed by atoms with Gasteiger partial charge in [0.1, 0.15) is 12.2 Å². The molecule has 0 heterocycles. The van der Waals surface area contributed by atoms with E-state index in [1.165, 1.54) is 37.7 Å². The van der Waals surface area contributed by atoms with Gasteiger partial charge in [0.05, 0.1) is 26.1 Å². The van der Waals surface area contributed by atoms with Crippen molar-refractivity contribution < 1.29 is 38.4 Å². The molecule has 5 rings (SSSR count). The number of carbonyl (C=O) groups is 3. The molecule has 0 aromatic heterocycles. The number of carboxylic acid groups (broad SMARTS) is 1. The smallest absolute Gasteiger partial charge is 0.306 e. The Kier molecular flexibility index (Phi) is 12.9. The maximum absolute atomic E-state index is 13.4. The highest BCUT2D eigenvalue weighted by Crippen LogP contribution is 2.78. The number of rotatable bonds is 16. The van der Waals surface area contributed by atoms with Gasteiger partial charge < -0.3 is 24.1 Å². The summed E-state index contributed by atoms with van der Waals surface area (Å²) in [6.45, 7) is 28.8. The molecule has 5 aliphatic rings. The van der Waals surface area contributed by atoms with Gasteiger partial charge in [-0.1, -0.05) is 60.6 Å². The molecule has 0 spiro atoms. The van der Waals surface area contributed by atoms with E-state index in [0.717, 1.165) is 38.5 Å². The first kappa shape index (κ1) is 43.2. The molecule has 0 aliphatic heterocycles. The van der Waals surface area contributed by atoms with Crippen LogP contribution in [0.5, 0.6) is 0 Å². The van der Waals surface area contributed by atoms with Gasteiger partial charge in [0.25, 0.3) is 0 Å². The molecule has 54 heavy (non-hydrogen) atoms. The molecule has 5 aliphatic carbocycles. The molecular weight excluding hydrogens is 680 g/mol. The molecule has 0 aromatic rings. The third-order valence-electron chi connectivity index (χ3n) is 16.8. The van der Waals surface area contributed by atoms with Crippen molar-refractivity contribution in [1.29, 1.82) is 0 Å². The van der Waals surface area contributed by atoms with E-state index in [9.17, 15) is 19.5 Å². The van der Waals surface area contributed by atoms with Gasteiger partial charge in [-0.05, 0) is 148 Å². The monoisotopic (exact) mass is 757 g/mol. The first-order chi connectivity index (χ1) is 25.2. The van der Waals surface area contributed by atoms with Crippen LogP contribution in [0.25, 0.3) is 0 Å². The molecule has 10 atom stereocenters. The van der Waals surface area contributed by atoms with Crippen molar-refractivity contribution in [3.05, 3.63) is 12.2 Å². The first-order valence-corrected chi connectivity index (χ1v) is 21.6. The molecule has 8 nitrogen and oxygen atoms in total. The molecule has 0 bridgehead atoms. The molecular formula is C46H76O8. The molecule has 8 heteroatoms. The van der Waals surface area contributed by atoms with Crippen LogP contribution < -0.4 is 0 Å². The molecule has 0 saturated heterocycles. The van der Waals surface area contributed by atoms with Crippen LogP contribution in [0.15, 0.2) is 12.2 Å². The Morgan fingerprint density at radius 3 is 2.07 bits per heavy atom. The number of aliphatic carboxylic acids is 1. The van der Waals surface area contributed by atoms with Gasteiger partial charge in [-0.15, -0.1) is 0 Å². The van der Waals surface area contributed by atoms with E-state index in [-0.39, 0.29) is 64.1 Å². The van der Waals surface area contributed by atoms with Gasteiger partial charge in [-0.2, -0.15) is 0 Å². The third kappa shape index (κ3) is 7.96. The summed E-state index contributed by atoms with van der Waals surface area (Å²) in [7, 11) is 0. The number of fused-ring (bicyclic) bond motifs is 7. The van der Waals surface area contributed by atoms with Crippen LogP contribution in [0.3, 0.4) is 0 Å². The molecule has 0 radical (unpaired) electrons. The average Bonchev–Trinajstić information content (AvgIpc) is 3.46. The Morgan fingerprint density at radius 2 is 1.46 bits per heavy atom. The standard InChI is InChI=1S/C46H76O8/c1-12-51-28-31(29-52-13-2)53-38(49)19-23-46-22-16-32(30(3)4)40(46)33-14-15-35-43(9)20-18-36(54-39(50)27-41(5,6)26-37(47)48)42(7,8)34(43)17-21-45(35,11)44(33,10)24-25-46/h31-36,40H,3,12-29H2,1-2,4-11H3,(H,47,48)/t32-,33+,34-,35+,36-,40+,43-,44+,45+,46-/m0/s1. The largest absolute Gasteiger partial charge is 0.481 e. The summed E-state index contributed by atoms with van der Waals surface area (Å²) in [4.78, 5) is 38.1. The Morgan fingerprint density at radius 1 is 0.796 bits per heavy atom.